The van der Waals surface area contributed by atoms with Crippen molar-refractivity contribution in [2.24, 2.45) is 0 Å². The highest BCUT2D eigenvalue weighted by Gasteiger charge is 2.34. The first-order chi connectivity index (χ1) is 14.6. The number of halogens is 3. The van der Waals surface area contributed by atoms with E-state index in [0.29, 0.717) is 5.69 Å². The molecule has 0 unspecified atom stereocenters. The number of para-hydroxylation sites is 1. The Hall–Kier alpha value is -3.66. The van der Waals surface area contributed by atoms with Crippen molar-refractivity contribution in [2.75, 3.05) is 5.32 Å². The summed E-state index contributed by atoms with van der Waals surface area (Å²) in [4.78, 5) is 15.0. The summed E-state index contributed by atoms with van der Waals surface area (Å²) < 4.78 is 67.2. The summed E-state index contributed by atoms with van der Waals surface area (Å²) >= 11 is 0. The van der Waals surface area contributed by atoms with Crippen LogP contribution < -0.4 is 10.1 Å². The van der Waals surface area contributed by atoms with Gasteiger partial charge >= 0.3 is 6.36 Å². The number of sulfone groups is 1. The van der Waals surface area contributed by atoms with Gasteiger partial charge in [-0.3, -0.25) is 9.78 Å². The number of nitrogens with one attached hydrogen (secondary N) is 1. The van der Waals surface area contributed by atoms with E-state index in [9.17, 15) is 26.4 Å². The number of ether oxygens (including phenoxy) is 1. The molecule has 0 fully saturated rings. The molecule has 0 saturated heterocycles. The van der Waals surface area contributed by atoms with E-state index in [4.69, 9.17) is 0 Å². The minimum Gasteiger partial charge on any atom is -0.404 e. The van der Waals surface area contributed by atoms with Gasteiger partial charge in [0.1, 0.15) is 10.6 Å². The monoisotopic (exact) mass is 448 g/mol. The van der Waals surface area contributed by atoms with Crippen LogP contribution in [0.1, 0.15) is 5.56 Å². The van der Waals surface area contributed by atoms with Gasteiger partial charge in [-0.25, -0.2) is 8.42 Å². The molecular formula is C21H15F3N2O4S. The third-order valence-corrected chi connectivity index (χ3v) is 5.72. The number of alkyl halides is 3. The molecule has 0 bridgehead atoms. The molecule has 0 atom stereocenters. The third-order valence-electron chi connectivity index (χ3n) is 3.91. The van der Waals surface area contributed by atoms with Crippen molar-refractivity contribution < 1.29 is 31.1 Å². The van der Waals surface area contributed by atoms with Gasteiger partial charge in [-0.05, 0) is 54.1 Å². The molecule has 3 aromatic rings. The molecule has 6 nitrogen and oxygen atoms in total. The highest BCUT2D eigenvalue weighted by atomic mass is 32.2. The first-order valence-corrected chi connectivity index (χ1v) is 10.2. The normalized spacial score (nSPS) is 12.0. The molecule has 0 aliphatic carbocycles. The van der Waals surface area contributed by atoms with Crippen LogP contribution >= 0.6 is 0 Å². The predicted octanol–water partition coefficient (Wildman–Crippen LogP) is 4.46. The number of hydrogen-bond donors (Lipinski definition) is 1. The zero-order valence-electron chi connectivity index (χ0n) is 15.7. The lowest BCUT2D eigenvalue weighted by Crippen LogP contribution is -2.19. The summed E-state index contributed by atoms with van der Waals surface area (Å²) in [7, 11) is -4.29. The van der Waals surface area contributed by atoms with Crippen LogP contribution in [0.4, 0.5) is 18.9 Å². The highest BCUT2D eigenvalue weighted by Crippen LogP contribution is 2.33. The maximum atomic E-state index is 12.8. The standard InChI is InChI=1S/C21H15F3N2O4S/c22-21(23,24)30-18-5-1-2-6-19(18)31(28,29)17-10-8-16(9-11-17)26-20(27)12-7-15-4-3-13-25-14-15/h1-14H,(H,26,27). The summed E-state index contributed by atoms with van der Waals surface area (Å²) in [5, 5.41) is 2.56. The summed E-state index contributed by atoms with van der Waals surface area (Å²) in [6.45, 7) is 0. The van der Waals surface area contributed by atoms with Crippen LogP contribution in [0.25, 0.3) is 6.08 Å². The van der Waals surface area contributed by atoms with E-state index in [2.05, 4.69) is 15.0 Å². The first-order valence-electron chi connectivity index (χ1n) is 8.74. The van der Waals surface area contributed by atoms with Crippen LogP contribution in [0.15, 0.2) is 88.9 Å². The van der Waals surface area contributed by atoms with E-state index in [-0.39, 0.29) is 4.90 Å². The van der Waals surface area contributed by atoms with E-state index in [1.54, 1.807) is 30.6 Å². The van der Waals surface area contributed by atoms with Gasteiger partial charge in [0.15, 0.2) is 0 Å². The largest absolute Gasteiger partial charge is 0.573 e. The molecule has 0 spiro atoms. The molecule has 1 heterocycles. The minimum absolute atomic E-state index is 0.255. The number of benzene rings is 2. The molecular weight excluding hydrogens is 433 g/mol. The first kappa shape index (κ1) is 22.0. The number of pyridine rings is 1. The van der Waals surface area contributed by atoms with Crippen LogP contribution in [0, 0.1) is 0 Å². The molecule has 0 saturated carbocycles. The molecule has 1 aromatic heterocycles. The fourth-order valence-electron chi connectivity index (χ4n) is 2.56. The maximum Gasteiger partial charge on any atom is 0.573 e. The van der Waals surface area contributed by atoms with E-state index in [0.717, 1.165) is 17.7 Å². The van der Waals surface area contributed by atoms with Crippen LogP contribution in [-0.2, 0) is 14.6 Å². The Morgan fingerprint density at radius 2 is 1.71 bits per heavy atom. The predicted molar refractivity (Wildman–Crippen MR) is 107 cm³/mol. The van der Waals surface area contributed by atoms with Crippen molar-refractivity contribution in [3.05, 3.63) is 84.7 Å². The van der Waals surface area contributed by atoms with Crippen molar-refractivity contribution in [1.29, 1.82) is 0 Å². The summed E-state index contributed by atoms with van der Waals surface area (Å²) in [5.41, 5.74) is 1.03. The van der Waals surface area contributed by atoms with Crippen LogP contribution in [0.2, 0.25) is 0 Å². The van der Waals surface area contributed by atoms with Crippen molar-refractivity contribution >= 4 is 27.5 Å². The molecule has 3 rings (SSSR count). The number of carbonyl (C=O) groups excluding carboxylic acids is 1. The molecule has 160 valence electrons. The van der Waals surface area contributed by atoms with E-state index in [1.165, 1.54) is 42.5 Å². The van der Waals surface area contributed by atoms with Gasteiger partial charge in [0.2, 0.25) is 15.7 Å². The van der Waals surface area contributed by atoms with Gasteiger partial charge < -0.3 is 10.1 Å². The molecule has 10 heteroatoms. The summed E-state index contributed by atoms with van der Waals surface area (Å²) in [5.74, 6) is -1.28. The average molecular weight is 448 g/mol. The van der Waals surface area contributed by atoms with Gasteiger partial charge in [-0.1, -0.05) is 18.2 Å². The van der Waals surface area contributed by atoms with Crippen molar-refractivity contribution in [3.63, 3.8) is 0 Å². The van der Waals surface area contributed by atoms with E-state index >= 15 is 0 Å². The zero-order valence-corrected chi connectivity index (χ0v) is 16.5. The number of aromatic nitrogens is 1. The van der Waals surface area contributed by atoms with Crippen LogP contribution in [-0.4, -0.2) is 25.7 Å². The van der Waals surface area contributed by atoms with Gasteiger partial charge in [-0.2, -0.15) is 0 Å². The average Bonchev–Trinajstić information content (AvgIpc) is 2.72. The maximum absolute atomic E-state index is 12.8. The Bertz CT molecular complexity index is 1190. The lowest BCUT2D eigenvalue weighted by atomic mass is 10.2. The number of carbonyl (C=O) groups is 1. The van der Waals surface area contributed by atoms with Crippen LogP contribution in [0.3, 0.4) is 0 Å². The highest BCUT2D eigenvalue weighted by molar-refractivity contribution is 7.91. The lowest BCUT2D eigenvalue weighted by molar-refractivity contribution is -0.275. The van der Waals surface area contributed by atoms with Gasteiger partial charge in [0.25, 0.3) is 0 Å². The number of anilines is 1. The second-order valence-electron chi connectivity index (χ2n) is 6.13. The Morgan fingerprint density at radius 3 is 2.35 bits per heavy atom. The molecule has 1 amide bonds. The van der Waals surface area contributed by atoms with Gasteiger partial charge in [0, 0.05) is 24.2 Å². The SMILES string of the molecule is O=C(C=Cc1cccnc1)Nc1ccc(S(=O)(=O)c2ccccc2OC(F)(F)F)cc1. The Kier molecular flexibility index (Phi) is 6.40. The van der Waals surface area contributed by atoms with Crippen molar-refractivity contribution in [2.45, 2.75) is 16.2 Å². The minimum atomic E-state index is -5.04. The lowest BCUT2D eigenvalue weighted by Gasteiger charge is -2.13. The Balaban J connectivity index is 1.77. The second-order valence-corrected chi connectivity index (χ2v) is 8.05. The van der Waals surface area contributed by atoms with Gasteiger partial charge in [-0.15, -0.1) is 13.2 Å². The van der Waals surface area contributed by atoms with Gasteiger partial charge in [0.05, 0.1) is 4.90 Å². The smallest absolute Gasteiger partial charge is 0.404 e. The number of nitrogens with zero attached hydrogens (tertiary/aromatic N) is 1. The topological polar surface area (TPSA) is 85.4 Å². The van der Waals surface area contributed by atoms with Crippen molar-refractivity contribution in [1.82, 2.24) is 4.98 Å². The Morgan fingerprint density at radius 1 is 1.00 bits per heavy atom. The fourth-order valence-corrected chi connectivity index (χ4v) is 3.94. The quantitative estimate of drug-likeness (QED) is 0.563. The van der Waals surface area contributed by atoms with E-state index in [1.807, 2.05) is 0 Å². The molecule has 0 radical (unpaired) electrons. The number of hydrogen-bond acceptors (Lipinski definition) is 5. The molecule has 1 N–H and O–H groups in total. The molecule has 0 aliphatic rings. The van der Waals surface area contributed by atoms with Crippen molar-refractivity contribution in [3.8, 4) is 5.75 Å². The third kappa shape index (κ3) is 5.92. The zero-order chi connectivity index (χ0) is 22.5. The molecule has 2 aromatic carbocycles. The Labute approximate surface area is 175 Å². The molecule has 31 heavy (non-hydrogen) atoms. The number of rotatable bonds is 6. The number of amides is 1. The van der Waals surface area contributed by atoms with E-state index < -0.39 is 32.8 Å². The summed E-state index contributed by atoms with van der Waals surface area (Å²) in [6, 6.07) is 13.0. The molecule has 0 aliphatic heterocycles. The summed E-state index contributed by atoms with van der Waals surface area (Å²) in [6.07, 6.45) is 0.971. The fraction of sp³-hybridized carbons (Fsp3) is 0.0476. The van der Waals surface area contributed by atoms with Crippen LogP contribution in [0.5, 0.6) is 5.75 Å². The second kappa shape index (κ2) is 9.00.